The van der Waals surface area contributed by atoms with Gasteiger partial charge in [-0.1, -0.05) is 26.0 Å². The third kappa shape index (κ3) is 5.51. The minimum absolute atomic E-state index is 0.00574. The molecule has 1 aromatic carbocycles. The van der Waals surface area contributed by atoms with Crippen molar-refractivity contribution in [2.45, 2.75) is 32.9 Å². The van der Waals surface area contributed by atoms with Crippen LogP contribution in [0.3, 0.4) is 0 Å². The maximum absolute atomic E-state index is 12.8. The number of nitrogens with one attached hydrogen (secondary N) is 2. The number of amides is 2. The van der Waals surface area contributed by atoms with Gasteiger partial charge in [-0.25, -0.2) is 4.39 Å². The van der Waals surface area contributed by atoms with Gasteiger partial charge in [-0.3, -0.25) is 9.59 Å². The molecule has 0 saturated heterocycles. The fraction of sp³-hybridized carbons (Fsp3) is 0.467. The normalized spacial score (nSPS) is 13.6. The highest BCUT2D eigenvalue weighted by Crippen LogP contribution is 2.12. The van der Waals surface area contributed by atoms with Crippen molar-refractivity contribution >= 4 is 11.8 Å². The summed E-state index contributed by atoms with van der Waals surface area (Å²) in [4.78, 5) is 23.4. The second kappa shape index (κ2) is 7.73. The third-order valence-electron chi connectivity index (χ3n) is 3.19. The van der Waals surface area contributed by atoms with Crippen LogP contribution < -0.4 is 16.4 Å². The summed E-state index contributed by atoms with van der Waals surface area (Å²) in [6.07, 6.45) is 0. The number of hydrogen-bond donors (Lipinski definition) is 3. The van der Waals surface area contributed by atoms with E-state index in [-0.39, 0.29) is 36.1 Å². The highest BCUT2D eigenvalue weighted by atomic mass is 19.1. The fourth-order valence-corrected chi connectivity index (χ4v) is 1.72. The highest BCUT2D eigenvalue weighted by Gasteiger charge is 2.18. The molecule has 0 aliphatic carbocycles. The molecule has 0 spiro atoms. The number of halogens is 1. The van der Waals surface area contributed by atoms with E-state index in [1.54, 1.807) is 19.1 Å². The van der Waals surface area contributed by atoms with E-state index in [1.165, 1.54) is 12.1 Å². The van der Waals surface area contributed by atoms with Gasteiger partial charge in [-0.15, -0.1) is 0 Å². The van der Waals surface area contributed by atoms with Crippen LogP contribution in [0.5, 0.6) is 0 Å². The van der Waals surface area contributed by atoms with Gasteiger partial charge in [-0.05, 0) is 30.5 Å². The van der Waals surface area contributed by atoms with Gasteiger partial charge in [-0.2, -0.15) is 0 Å². The molecular formula is C15H22FN3O2. The Morgan fingerprint density at radius 1 is 1.19 bits per heavy atom. The molecule has 0 aliphatic rings. The molecule has 5 nitrogen and oxygen atoms in total. The molecule has 0 bridgehead atoms. The van der Waals surface area contributed by atoms with Crippen molar-refractivity contribution in [1.29, 1.82) is 0 Å². The molecule has 4 N–H and O–H groups in total. The van der Waals surface area contributed by atoms with Gasteiger partial charge in [0, 0.05) is 0 Å². The van der Waals surface area contributed by atoms with Gasteiger partial charge in [0.25, 0.3) is 0 Å². The van der Waals surface area contributed by atoms with Crippen LogP contribution in [-0.2, 0) is 9.59 Å². The molecule has 116 valence electrons. The zero-order chi connectivity index (χ0) is 16.0. The zero-order valence-corrected chi connectivity index (χ0v) is 12.5. The Morgan fingerprint density at radius 2 is 1.76 bits per heavy atom. The van der Waals surface area contributed by atoms with Crippen molar-refractivity contribution in [3.63, 3.8) is 0 Å². The quantitative estimate of drug-likeness (QED) is 0.735. The van der Waals surface area contributed by atoms with E-state index in [0.717, 1.165) is 5.56 Å². The molecule has 0 aromatic heterocycles. The second-order valence-electron chi connectivity index (χ2n) is 5.33. The maximum Gasteiger partial charge on any atom is 0.239 e. The average Bonchev–Trinajstić information content (AvgIpc) is 2.44. The summed E-state index contributed by atoms with van der Waals surface area (Å²) in [7, 11) is 0. The number of nitrogens with two attached hydrogens (primary N) is 1. The largest absolute Gasteiger partial charge is 0.348 e. The number of carbonyl (C=O) groups is 2. The summed E-state index contributed by atoms with van der Waals surface area (Å²) in [5, 5.41) is 5.22. The fourth-order valence-electron chi connectivity index (χ4n) is 1.72. The SMILES string of the molecule is CC(C)[C@H](N)C(=O)NCC(=O)N[C@H](C)c1ccc(F)cc1. The van der Waals surface area contributed by atoms with Crippen LogP contribution in [0.4, 0.5) is 4.39 Å². The van der Waals surface area contributed by atoms with Crippen LogP contribution in [0.2, 0.25) is 0 Å². The summed E-state index contributed by atoms with van der Waals surface area (Å²) in [6, 6.07) is 4.98. The summed E-state index contributed by atoms with van der Waals surface area (Å²) >= 11 is 0. The Bertz CT molecular complexity index is 488. The van der Waals surface area contributed by atoms with E-state index in [2.05, 4.69) is 10.6 Å². The maximum atomic E-state index is 12.8. The molecule has 0 saturated carbocycles. The van der Waals surface area contributed by atoms with Gasteiger partial charge in [0.15, 0.2) is 0 Å². The second-order valence-corrected chi connectivity index (χ2v) is 5.33. The van der Waals surface area contributed by atoms with Crippen molar-refractivity contribution in [2.75, 3.05) is 6.54 Å². The molecule has 0 unspecified atom stereocenters. The van der Waals surface area contributed by atoms with Crippen molar-refractivity contribution in [3.05, 3.63) is 35.6 Å². The van der Waals surface area contributed by atoms with Crippen LogP contribution in [0.15, 0.2) is 24.3 Å². The van der Waals surface area contributed by atoms with E-state index in [4.69, 9.17) is 5.73 Å². The predicted octanol–water partition coefficient (Wildman–Crippen LogP) is 1.10. The number of rotatable bonds is 6. The van der Waals surface area contributed by atoms with Gasteiger partial charge in [0.2, 0.25) is 11.8 Å². The number of hydrogen-bond acceptors (Lipinski definition) is 3. The predicted molar refractivity (Wildman–Crippen MR) is 78.8 cm³/mol. The number of carbonyl (C=O) groups excluding carboxylic acids is 2. The molecule has 0 heterocycles. The topological polar surface area (TPSA) is 84.2 Å². The Balaban J connectivity index is 2.43. The Hall–Kier alpha value is -1.95. The molecule has 1 aromatic rings. The van der Waals surface area contributed by atoms with Crippen molar-refractivity contribution in [3.8, 4) is 0 Å². The Morgan fingerprint density at radius 3 is 2.29 bits per heavy atom. The molecule has 0 radical (unpaired) electrons. The first-order chi connectivity index (χ1) is 9.81. The summed E-state index contributed by atoms with van der Waals surface area (Å²) < 4.78 is 12.8. The lowest BCUT2D eigenvalue weighted by molar-refractivity contribution is -0.127. The summed E-state index contributed by atoms with van der Waals surface area (Å²) in [5.74, 6) is -0.996. The van der Waals surface area contributed by atoms with Crippen molar-refractivity contribution < 1.29 is 14.0 Å². The smallest absolute Gasteiger partial charge is 0.239 e. The molecule has 0 aliphatic heterocycles. The minimum atomic E-state index is -0.632. The van der Waals surface area contributed by atoms with E-state index < -0.39 is 6.04 Å². The van der Waals surface area contributed by atoms with Crippen LogP contribution in [0.25, 0.3) is 0 Å². The molecule has 2 amide bonds. The van der Waals surface area contributed by atoms with Gasteiger partial charge < -0.3 is 16.4 Å². The van der Waals surface area contributed by atoms with E-state index in [1.807, 2.05) is 13.8 Å². The first-order valence-electron chi connectivity index (χ1n) is 6.89. The van der Waals surface area contributed by atoms with E-state index in [0.29, 0.717) is 0 Å². The first-order valence-corrected chi connectivity index (χ1v) is 6.89. The van der Waals surface area contributed by atoms with Crippen molar-refractivity contribution in [1.82, 2.24) is 10.6 Å². The van der Waals surface area contributed by atoms with Crippen LogP contribution in [-0.4, -0.2) is 24.4 Å². The highest BCUT2D eigenvalue weighted by molar-refractivity contribution is 5.87. The van der Waals surface area contributed by atoms with Crippen molar-refractivity contribution in [2.24, 2.45) is 11.7 Å². The lowest BCUT2D eigenvalue weighted by Crippen LogP contribution is -2.47. The molecule has 1 rings (SSSR count). The molecule has 2 atom stereocenters. The average molecular weight is 295 g/mol. The van der Waals surface area contributed by atoms with Gasteiger partial charge in [0.1, 0.15) is 5.82 Å². The van der Waals surface area contributed by atoms with Crippen LogP contribution in [0.1, 0.15) is 32.4 Å². The van der Waals surface area contributed by atoms with E-state index in [9.17, 15) is 14.0 Å². The van der Waals surface area contributed by atoms with Gasteiger partial charge in [0.05, 0.1) is 18.6 Å². The monoisotopic (exact) mass is 295 g/mol. The van der Waals surface area contributed by atoms with Crippen LogP contribution in [0, 0.1) is 11.7 Å². The Labute approximate surface area is 124 Å². The lowest BCUT2D eigenvalue weighted by Gasteiger charge is -2.17. The summed E-state index contributed by atoms with van der Waals surface area (Å²) in [5.41, 5.74) is 6.46. The first kappa shape index (κ1) is 17.1. The summed E-state index contributed by atoms with van der Waals surface area (Å²) in [6.45, 7) is 5.32. The van der Waals surface area contributed by atoms with Gasteiger partial charge >= 0.3 is 0 Å². The standard InChI is InChI=1S/C15H22FN3O2/c1-9(2)14(17)15(21)18-8-13(20)19-10(3)11-4-6-12(16)7-5-11/h4-7,9-10,14H,8,17H2,1-3H3,(H,18,21)(H,19,20)/t10-,14+/m1/s1. The molecular weight excluding hydrogens is 273 g/mol. The van der Waals surface area contributed by atoms with E-state index >= 15 is 0 Å². The molecule has 0 fully saturated rings. The zero-order valence-electron chi connectivity index (χ0n) is 12.5. The third-order valence-corrected chi connectivity index (χ3v) is 3.19. The number of benzene rings is 1. The van der Waals surface area contributed by atoms with Crippen LogP contribution >= 0.6 is 0 Å². The molecule has 6 heteroatoms. The lowest BCUT2D eigenvalue weighted by atomic mass is 10.1. The Kier molecular flexibility index (Phi) is 6.30. The minimum Gasteiger partial charge on any atom is -0.348 e. The molecule has 21 heavy (non-hydrogen) atoms.